The number of hydrogen-bond acceptors (Lipinski definition) is 3. The van der Waals surface area contributed by atoms with Gasteiger partial charge in [-0.05, 0) is 25.5 Å². The van der Waals surface area contributed by atoms with Crippen molar-refractivity contribution in [3.63, 3.8) is 0 Å². The molecule has 17 heavy (non-hydrogen) atoms. The molecule has 1 aromatic rings. The van der Waals surface area contributed by atoms with Crippen LogP contribution in [0.1, 0.15) is 19.0 Å². The number of rotatable bonds is 6. The predicted octanol–water partition coefficient (Wildman–Crippen LogP) is 1.33. The van der Waals surface area contributed by atoms with Crippen LogP contribution in [0.5, 0.6) is 0 Å². The Bertz CT molecular complexity index is 364. The predicted molar refractivity (Wildman–Crippen MR) is 68.1 cm³/mol. The maximum atomic E-state index is 12.0. The fourth-order valence-electron chi connectivity index (χ4n) is 1.55. The van der Waals surface area contributed by atoms with Crippen molar-refractivity contribution in [2.45, 2.75) is 25.9 Å². The minimum absolute atomic E-state index is 0.0574. The molecule has 1 aromatic heterocycles. The van der Waals surface area contributed by atoms with Crippen LogP contribution in [-0.2, 0) is 11.3 Å². The Labute approximate surface area is 102 Å². The fraction of sp³-hybridized carbons (Fsp3) is 0.385. The summed E-state index contributed by atoms with van der Waals surface area (Å²) in [4.78, 5) is 17.9. The second kappa shape index (κ2) is 6.81. The largest absolute Gasteiger partial charge is 0.336 e. The molecule has 0 aliphatic carbocycles. The highest BCUT2D eigenvalue weighted by Crippen LogP contribution is 2.04. The molecule has 1 atom stereocenters. The maximum absolute atomic E-state index is 12.0. The Hall–Kier alpha value is -1.68. The molecular weight excluding hydrogens is 214 g/mol. The first kappa shape index (κ1) is 13.4. The smallest absolute Gasteiger partial charge is 0.240 e. The van der Waals surface area contributed by atoms with Crippen molar-refractivity contribution in [2.24, 2.45) is 5.73 Å². The van der Waals surface area contributed by atoms with Crippen molar-refractivity contribution in [3.05, 3.63) is 42.7 Å². The van der Waals surface area contributed by atoms with Crippen LogP contribution in [0.3, 0.4) is 0 Å². The zero-order valence-corrected chi connectivity index (χ0v) is 10.2. The van der Waals surface area contributed by atoms with Crippen LogP contribution in [0.15, 0.2) is 37.1 Å². The molecule has 0 bridgehead atoms. The molecular formula is C13H19N3O. The summed E-state index contributed by atoms with van der Waals surface area (Å²) < 4.78 is 0. The lowest BCUT2D eigenvalue weighted by Crippen LogP contribution is -2.43. The molecule has 1 amide bonds. The number of nitrogens with two attached hydrogens (primary N) is 1. The van der Waals surface area contributed by atoms with Gasteiger partial charge in [0, 0.05) is 12.7 Å². The van der Waals surface area contributed by atoms with E-state index in [4.69, 9.17) is 5.73 Å². The first-order valence-corrected chi connectivity index (χ1v) is 5.74. The zero-order chi connectivity index (χ0) is 12.7. The molecule has 0 aromatic carbocycles. The molecule has 0 saturated heterocycles. The van der Waals surface area contributed by atoms with Crippen molar-refractivity contribution in [1.82, 2.24) is 9.88 Å². The SMILES string of the molecule is C=CCC(N)C(=O)N(CC)Cc1ccccn1. The van der Waals surface area contributed by atoms with E-state index in [1.54, 1.807) is 17.2 Å². The van der Waals surface area contributed by atoms with Gasteiger partial charge in [-0.15, -0.1) is 6.58 Å². The highest BCUT2D eigenvalue weighted by molar-refractivity contribution is 5.81. The number of hydrogen-bond donors (Lipinski definition) is 1. The lowest BCUT2D eigenvalue weighted by atomic mass is 10.2. The third kappa shape index (κ3) is 4.00. The average molecular weight is 233 g/mol. The summed E-state index contributed by atoms with van der Waals surface area (Å²) in [6, 6.07) is 5.15. The standard InChI is InChI=1S/C13H19N3O/c1-3-7-12(14)13(17)16(4-2)10-11-8-5-6-9-15-11/h3,5-6,8-9,12H,1,4,7,10,14H2,2H3. The zero-order valence-electron chi connectivity index (χ0n) is 10.2. The summed E-state index contributed by atoms with van der Waals surface area (Å²) in [5.41, 5.74) is 6.64. The highest BCUT2D eigenvalue weighted by Gasteiger charge is 2.18. The molecule has 1 unspecified atom stereocenters. The molecule has 4 heteroatoms. The Morgan fingerprint density at radius 1 is 1.65 bits per heavy atom. The van der Waals surface area contributed by atoms with Crippen LogP contribution < -0.4 is 5.73 Å². The lowest BCUT2D eigenvalue weighted by Gasteiger charge is -2.23. The minimum Gasteiger partial charge on any atom is -0.336 e. The number of carbonyl (C=O) groups excluding carboxylic acids is 1. The number of pyridine rings is 1. The van der Waals surface area contributed by atoms with E-state index < -0.39 is 6.04 Å². The van der Waals surface area contributed by atoms with E-state index >= 15 is 0 Å². The summed E-state index contributed by atoms with van der Waals surface area (Å²) in [7, 11) is 0. The van der Waals surface area contributed by atoms with E-state index in [0.29, 0.717) is 19.5 Å². The third-order valence-corrected chi connectivity index (χ3v) is 2.51. The van der Waals surface area contributed by atoms with Crippen LogP contribution in [-0.4, -0.2) is 28.4 Å². The van der Waals surface area contributed by atoms with Crippen LogP contribution in [0.4, 0.5) is 0 Å². The molecule has 0 fully saturated rings. The number of carbonyl (C=O) groups is 1. The molecule has 0 radical (unpaired) electrons. The summed E-state index contributed by atoms with van der Waals surface area (Å²) in [6.45, 7) is 6.65. The Balaban J connectivity index is 2.65. The van der Waals surface area contributed by atoms with Gasteiger partial charge in [0.25, 0.3) is 0 Å². The van der Waals surface area contributed by atoms with Crippen molar-refractivity contribution in [3.8, 4) is 0 Å². The van der Waals surface area contributed by atoms with Gasteiger partial charge in [-0.2, -0.15) is 0 Å². The third-order valence-electron chi connectivity index (χ3n) is 2.51. The van der Waals surface area contributed by atoms with Crippen LogP contribution in [0.2, 0.25) is 0 Å². The molecule has 4 nitrogen and oxygen atoms in total. The summed E-state index contributed by atoms with van der Waals surface area (Å²) in [6.07, 6.45) is 3.88. The Morgan fingerprint density at radius 2 is 2.41 bits per heavy atom. The maximum Gasteiger partial charge on any atom is 0.240 e. The van der Waals surface area contributed by atoms with Gasteiger partial charge >= 0.3 is 0 Å². The van der Waals surface area contributed by atoms with Gasteiger partial charge < -0.3 is 10.6 Å². The molecule has 1 rings (SSSR count). The van der Waals surface area contributed by atoms with Gasteiger partial charge in [-0.25, -0.2) is 0 Å². The molecule has 2 N–H and O–H groups in total. The number of aromatic nitrogens is 1. The summed E-state index contributed by atoms with van der Waals surface area (Å²) >= 11 is 0. The second-order valence-electron chi connectivity index (χ2n) is 3.80. The number of amides is 1. The van der Waals surface area contributed by atoms with E-state index in [-0.39, 0.29) is 5.91 Å². The van der Waals surface area contributed by atoms with E-state index in [9.17, 15) is 4.79 Å². The Kier molecular flexibility index (Phi) is 5.36. The van der Waals surface area contributed by atoms with Crippen LogP contribution >= 0.6 is 0 Å². The molecule has 0 saturated carbocycles. The van der Waals surface area contributed by atoms with Crippen molar-refractivity contribution >= 4 is 5.91 Å². The monoisotopic (exact) mass is 233 g/mol. The normalized spacial score (nSPS) is 11.9. The van der Waals surface area contributed by atoms with Gasteiger partial charge in [0.2, 0.25) is 5.91 Å². The van der Waals surface area contributed by atoms with Gasteiger partial charge in [0.05, 0.1) is 18.3 Å². The average Bonchev–Trinajstić information content (AvgIpc) is 2.36. The van der Waals surface area contributed by atoms with Gasteiger partial charge in [-0.1, -0.05) is 12.1 Å². The summed E-state index contributed by atoms with van der Waals surface area (Å²) in [5.74, 6) is -0.0574. The van der Waals surface area contributed by atoms with Gasteiger partial charge in [0.1, 0.15) is 0 Å². The van der Waals surface area contributed by atoms with Crippen LogP contribution in [0.25, 0.3) is 0 Å². The van der Waals surface area contributed by atoms with Crippen LogP contribution in [0, 0.1) is 0 Å². The Morgan fingerprint density at radius 3 is 2.94 bits per heavy atom. The highest BCUT2D eigenvalue weighted by atomic mass is 16.2. The second-order valence-corrected chi connectivity index (χ2v) is 3.80. The van der Waals surface area contributed by atoms with Crippen molar-refractivity contribution < 1.29 is 4.79 Å². The minimum atomic E-state index is -0.504. The molecule has 0 aliphatic rings. The fourth-order valence-corrected chi connectivity index (χ4v) is 1.55. The molecule has 92 valence electrons. The first-order valence-electron chi connectivity index (χ1n) is 5.74. The summed E-state index contributed by atoms with van der Waals surface area (Å²) in [5, 5.41) is 0. The van der Waals surface area contributed by atoms with Gasteiger partial charge in [0.15, 0.2) is 0 Å². The van der Waals surface area contributed by atoms with E-state index in [1.807, 2.05) is 25.1 Å². The van der Waals surface area contributed by atoms with Crippen molar-refractivity contribution in [2.75, 3.05) is 6.54 Å². The number of nitrogens with zero attached hydrogens (tertiary/aromatic N) is 2. The lowest BCUT2D eigenvalue weighted by molar-refractivity contribution is -0.133. The van der Waals surface area contributed by atoms with E-state index in [0.717, 1.165) is 5.69 Å². The van der Waals surface area contributed by atoms with E-state index in [1.165, 1.54) is 0 Å². The molecule has 0 aliphatic heterocycles. The first-order chi connectivity index (χ1) is 8.19. The number of likely N-dealkylation sites (N-methyl/N-ethyl adjacent to an activating group) is 1. The topological polar surface area (TPSA) is 59.2 Å². The quantitative estimate of drug-likeness (QED) is 0.754. The van der Waals surface area contributed by atoms with E-state index in [2.05, 4.69) is 11.6 Å². The molecule has 1 heterocycles. The molecule has 0 spiro atoms. The van der Waals surface area contributed by atoms with Gasteiger partial charge in [-0.3, -0.25) is 9.78 Å². The van der Waals surface area contributed by atoms with Crippen molar-refractivity contribution in [1.29, 1.82) is 0 Å².